The maximum Gasteiger partial charge on any atom is 0.255 e. The molecule has 9 heteroatoms. The number of aliphatic imine (C=N–C) groups is 1. The van der Waals surface area contributed by atoms with Crippen LogP contribution in [0.15, 0.2) is 77.3 Å². The largest absolute Gasteiger partial charge is 0.340 e. The number of benzene rings is 2. The highest BCUT2D eigenvalue weighted by Crippen LogP contribution is 2.40. The summed E-state index contributed by atoms with van der Waals surface area (Å²) in [5, 5.41) is 9.01. The molecule has 9 nitrogen and oxygen atoms in total. The van der Waals surface area contributed by atoms with Crippen molar-refractivity contribution >= 4 is 40.6 Å². The van der Waals surface area contributed by atoms with Crippen LogP contribution in [-0.2, 0) is 9.59 Å². The monoisotopic (exact) mass is 540 g/mol. The average molecular weight is 541 g/mol. The summed E-state index contributed by atoms with van der Waals surface area (Å²) in [5.74, 6) is 0.526. The molecule has 0 aromatic heterocycles. The summed E-state index contributed by atoms with van der Waals surface area (Å²) in [6, 6.07) is 14.1. The van der Waals surface area contributed by atoms with Gasteiger partial charge >= 0.3 is 0 Å². The zero-order valence-electron chi connectivity index (χ0n) is 23.3. The first kappa shape index (κ1) is 27.3. The van der Waals surface area contributed by atoms with Gasteiger partial charge in [-0.2, -0.15) is 0 Å². The number of nitrogens with zero attached hydrogens (tertiary/aromatic N) is 3. The van der Waals surface area contributed by atoms with Gasteiger partial charge < -0.3 is 25.8 Å². The van der Waals surface area contributed by atoms with Crippen molar-refractivity contribution in [2.45, 2.75) is 32.2 Å². The van der Waals surface area contributed by atoms with Crippen LogP contribution in [0, 0.1) is 5.92 Å². The molecule has 5 rings (SSSR count). The summed E-state index contributed by atoms with van der Waals surface area (Å²) in [5.41, 5.74) is 4.39. The summed E-state index contributed by atoms with van der Waals surface area (Å²) >= 11 is 0. The van der Waals surface area contributed by atoms with E-state index in [1.807, 2.05) is 29.2 Å². The second kappa shape index (κ2) is 11.1. The highest BCUT2D eigenvalue weighted by molar-refractivity contribution is 6.12. The topological polar surface area (TPSA) is 106 Å². The highest BCUT2D eigenvalue weighted by atomic mass is 16.2. The first-order valence-corrected chi connectivity index (χ1v) is 13.6. The van der Waals surface area contributed by atoms with E-state index in [9.17, 15) is 14.4 Å². The number of rotatable bonds is 6. The Balaban J connectivity index is 1.23. The van der Waals surface area contributed by atoms with Crippen LogP contribution in [0.25, 0.3) is 0 Å². The molecule has 1 fully saturated rings. The molecule has 0 aliphatic carbocycles. The lowest BCUT2D eigenvalue weighted by molar-refractivity contribution is -0.139. The minimum Gasteiger partial charge on any atom is -0.340 e. The van der Waals surface area contributed by atoms with Crippen LogP contribution in [0.2, 0.25) is 0 Å². The van der Waals surface area contributed by atoms with Crippen LogP contribution in [-0.4, -0.2) is 72.1 Å². The third kappa shape index (κ3) is 5.56. The second-order valence-corrected chi connectivity index (χ2v) is 11.1. The van der Waals surface area contributed by atoms with E-state index in [2.05, 4.69) is 48.3 Å². The fourth-order valence-corrected chi connectivity index (χ4v) is 5.60. The van der Waals surface area contributed by atoms with Crippen molar-refractivity contribution in [3.05, 3.63) is 77.9 Å². The number of nitrogens with one attached hydrogen (secondary N) is 3. The zero-order valence-corrected chi connectivity index (χ0v) is 23.3. The van der Waals surface area contributed by atoms with Crippen LogP contribution in [0.1, 0.15) is 37.0 Å². The Morgan fingerprint density at radius 3 is 2.40 bits per heavy atom. The smallest absolute Gasteiger partial charge is 0.255 e. The Bertz CT molecular complexity index is 1400. The van der Waals surface area contributed by atoms with Gasteiger partial charge in [0.1, 0.15) is 5.84 Å². The molecule has 3 heterocycles. The van der Waals surface area contributed by atoms with Crippen molar-refractivity contribution in [3.63, 3.8) is 0 Å². The van der Waals surface area contributed by atoms with Gasteiger partial charge in [-0.15, -0.1) is 0 Å². The minimum absolute atomic E-state index is 0.0752. The molecule has 3 aliphatic rings. The molecule has 40 heavy (non-hydrogen) atoms. The molecule has 1 saturated heterocycles. The number of carbonyl (C=O) groups is 3. The summed E-state index contributed by atoms with van der Waals surface area (Å²) in [6.45, 7) is 10.7. The molecular formula is C31H36N6O3. The molecule has 0 unspecified atom stereocenters. The third-order valence-corrected chi connectivity index (χ3v) is 8.09. The number of amidine groups is 1. The van der Waals surface area contributed by atoms with Gasteiger partial charge in [-0.1, -0.05) is 12.6 Å². The van der Waals surface area contributed by atoms with E-state index in [-0.39, 0.29) is 29.2 Å². The van der Waals surface area contributed by atoms with Crippen molar-refractivity contribution in [2.75, 3.05) is 49.2 Å². The number of hydrogen-bond acceptors (Lipinski definition) is 6. The van der Waals surface area contributed by atoms with Gasteiger partial charge in [-0.25, -0.2) is 0 Å². The number of likely N-dealkylation sites (tertiary alicyclic amines) is 1. The number of anilines is 3. The molecule has 0 bridgehead atoms. The Hall–Kier alpha value is -4.24. The molecule has 0 saturated carbocycles. The molecule has 0 spiro atoms. The van der Waals surface area contributed by atoms with Gasteiger partial charge in [-0.3, -0.25) is 19.4 Å². The molecule has 3 N–H and O–H groups in total. The molecule has 2 aromatic carbocycles. The van der Waals surface area contributed by atoms with Crippen LogP contribution < -0.4 is 16.0 Å². The van der Waals surface area contributed by atoms with Crippen molar-refractivity contribution in [1.82, 2.24) is 9.80 Å². The predicted octanol–water partition coefficient (Wildman–Crippen LogP) is 4.15. The SMILES string of the molecule is C=CC(=O)Nc1ccc(C(=O)Nc2cccc(NC3=NCC4=C3CN(C(=O)C3CCN(C)CC3)C4(C)C)c2)cc1. The van der Waals surface area contributed by atoms with Crippen molar-refractivity contribution in [1.29, 1.82) is 0 Å². The molecule has 0 radical (unpaired) electrons. The van der Waals surface area contributed by atoms with Crippen molar-refractivity contribution in [3.8, 4) is 0 Å². The molecule has 0 atom stereocenters. The van der Waals surface area contributed by atoms with Crippen LogP contribution in [0.4, 0.5) is 17.1 Å². The Morgan fingerprint density at radius 2 is 1.70 bits per heavy atom. The maximum atomic E-state index is 13.5. The standard InChI is InChI=1S/C31H36N6O3/c1-5-27(38)33-22-11-9-20(10-12-22)29(39)35-24-8-6-7-23(17-24)34-28-25-19-37(31(2,3)26(25)18-32-28)30(40)21-13-15-36(4)16-14-21/h5-12,17,21H,1,13-16,18-19H2,2-4H3,(H,32,34)(H,33,38)(H,35,39). The van der Waals surface area contributed by atoms with E-state index in [1.54, 1.807) is 24.3 Å². The Labute approximate surface area is 235 Å². The number of hydrogen-bond donors (Lipinski definition) is 3. The number of piperidine rings is 1. The summed E-state index contributed by atoms with van der Waals surface area (Å²) < 4.78 is 0. The van der Waals surface area contributed by atoms with Crippen LogP contribution in [0.5, 0.6) is 0 Å². The fourth-order valence-electron chi connectivity index (χ4n) is 5.60. The van der Waals surface area contributed by atoms with Crippen molar-refractivity contribution < 1.29 is 14.4 Å². The van der Waals surface area contributed by atoms with Gasteiger partial charge in [0.05, 0.1) is 18.6 Å². The molecule has 3 amide bonds. The number of carbonyl (C=O) groups excluding carboxylic acids is 3. The molecular weight excluding hydrogens is 504 g/mol. The lowest BCUT2D eigenvalue weighted by Crippen LogP contribution is -2.50. The van der Waals surface area contributed by atoms with E-state index >= 15 is 0 Å². The summed E-state index contributed by atoms with van der Waals surface area (Å²) in [6.07, 6.45) is 3.00. The van der Waals surface area contributed by atoms with E-state index < -0.39 is 0 Å². The number of amides is 3. The van der Waals surface area contributed by atoms with E-state index in [4.69, 9.17) is 4.99 Å². The summed E-state index contributed by atoms with van der Waals surface area (Å²) in [4.78, 5) is 46.9. The lowest BCUT2D eigenvalue weighted by Gasteiger charge is -2.38. The van der Waals surface area contributed by atoms with Gasteiger partial charge in [0.25, 0.3) is 5.91 Å². The average Bonchev–Trinajstić information content (AvgIpc) is 3.46. The van der Waals surface area contributed by atoms with Gasteiger partial charge in [0.2, 0.25) is 11.8 Å². The van der Waals surface area contributed by atoms with E-state index in [0.29, 0.717) is 30.0 Å². The molecule has 208 valence electrons. The predicted molar refractivity (Wildman–Crippen MR) is 159 cm³/mol. The van der Waals surface area contributed by atoms with Crippen LogP contribution in [0.3, 0.4) is 0 Å². The van der Waals surface area contributed by atoms with E-state index in [0.717, 1.165) is 43.0 Å². The fraction of sp³-hybridized carbons (Fsp3) is 0.355. The van der Waals surface area contributed by atoms with Crippen LogP contribution >= 0.6 is 0 Å². The van der Waals surface area contributed by atoms with Gasteiger partial charge in [0.15, 0.2) is 0 Å². The third-order valence-electron chi connectivity index (χ3n) is 8.09. The zero-order chi connectivity index (χ0) is 28.4. The van der Waals surface area contributed by atoms with E-state index in [1.165, 1.54) is 11.6 Å². The quantitative estimate of drug-likeness (QED) is 0.478. The van der Waals surface area contributed by atoms with Gasteiger partial charge in [0, 0.05) is 34.1 Å². The maximum absolute atomic E-state index is 13.5. The Morgan fingerprint density at radius 1 is 1.00 bits per heavy atom. The normalized spacial score (nSPS) is 18.7. The summed E-state index contributed by atoms with van der Waals surface area (Å²) in [7, 11) is 2.11. The second-order valence-electron chi connectivity index (χ2n) is 11.1. The first-order valence-electron chi connectivity index (χ1n) is 13.6. The van der Waals surface area contributed by atoms with Gasteiger partial charge in [-0.05, 0) is 101 Å². The highest BCUT2D eigenvalue weighted by Gasteiger charge is 2.46. The first-order chi connectivity index (χ1) is 19.2. The van der Waals surface area contributed by atoms with Crippen molar-refractivity contribution in [2.24, 2.45) is 10.9 Å². The molecule has 2 aromatic rings. The minimum atomic E-state index is -0.372. The Kier molecular flexibility index (Phi) is 7.58. The lowest BCUT2D eigenvalue weighted by atomic mass is 9.90. The molecule has 3 aliphatic heterocycles.